The highest BCUT2D eigenvalue weighted by atomic mass is 16.5. The Balaban J connectivity index is 1.57. The molecule has 2 amide bonds. The van der Waals surface area contributed by atoms with E-state index in [1.54, 1.807) is 31.4 Å². The topological polar surface area (TPSA) is 70.7 Å². The molecule has 0 saturated heterocycles. The quantitative estimate of drug-likeness (QED) is 0.557. The highest BCUT2D eigenvalue weighted by Crippen LogP contribution is 2.16. The highest BCUT2D eigenvalue weighted by Gasteiger charge is 2.14. The van der Waals surface area contributed by atoms with Gasteiger partial charge in [0.2, 0.25) is 5.91 Å². The van der Waals surface area contributed by atoms with Gasteiger partial charge in [-0.3, -0.25) is 14.5 Å². The summed E-state index contributed by atoms with van der Waals surface area (Å²) in [5, 5.41) is 5.76. The Morgan fingerprint density at radius 2 is 1.61 bits per heavy atom. The molecule has 6 heteroatoms. The van der Waals surface area contributed by atoms with Crippen LogP contribution in [0.4, 0.5) is 5.69 Å². The summed E-state index contributed by atoms with van der Waals surface area (Å²) in [5.74, 6) is 0.365. The minimum atomic E-state index is -0.232. The molecule has 0 fully saturated rings. The van der Waals surface area contributed by atoms with Crippen LogP contribution in [0, 0.1) is 0 Å². The zero-order chi connectivity index (χ0) is 22.1. The number of para-hydroxylation sites is 1. The average molecular weight is 418 g/mol. The van der Waals surface area contributed by atoms with Gasteiger partial charge in [-0.05, 0) is 42.4 Å². The summed E-state index contributed by atoms with van der Waals surface area (Å²) in [6, 6.07) is 24.4. The zero-order valence-corrected chi connectivity index (χ0v) is 17.8. The molecule has 160 valence electrons. The number of hydrogen-bond donors (Lipinski definition) is 2. The van der Waals surface area contributed by atoms with Crippen LogP contribution in [0.2, 0.25) is 0 Å². The van der Waals surface area contributed by atoms with E-state index in [0.29, 0.717) is 24.3 Å². The van der Waals surface area contributed by atoms with Crippen LogP contribution in [0.25, 0.3) is 0 Å². The van der Waals surface area contributed by atoms with Crippen molar-refractivity contribution >= 4 is 17.5 Å². The van der Waals surface area contributed by atoms with Gasteiger partial charge in [0.1, 0.15) is 5.75 Å². The molecule has 3 aromatic rings. The number of methoxy groups -OCH3 is 1. The second kappa shape index (κ2) is 10.9. The molecular formula is C25H27N3O3. The van der Waals surface area contributed by atoms with E-state index in [1.165, 1.54) is 0 Å². The molecule has 0 aliphatic carbocycles. The van der Waals surface area contributed by atoms with E-state index in [0.717, 1.165) is 16.9 Å². The first kappa shape index (κ1) is 22.1. The second-order valence-corrected chi connectivity index (χ2v) is 7.29. The lowest BCUT2D eigenvalue weighted by Crippen LogP contribution is -2.31. The Labute approximate surface area is 182 Å². The molecule has 3 aromatic carbocycles. The smallest absolute Gasteiger partial charge is 0.253 e. The van der Waals surface area contributed by atoms with Crippen molar-refractivity contribution in [2.45, 2.75) is 13.1 Å². The molecule has 0 atom stereocenters. The number of rotatable bonds is 9. The highest BCUT2D eigenvalue weighted by molar-refractivity contribution is 6.04. The number of anilines is 1. The summed E-state index contributed by atoms with van der Waals surface area (Å²) in [6.45, 7) is 1.21. The van der Waals surface area contributed by atoms with E-state index in [4.69, 9.17) is 4.74 Å². The minimum Gasteiger partial charge on any atom is -0.497 e. The normalized spacial score (nSPS) is 10.5. The van der Waals surface area contributed by atoms with Gasteiger partial charge in [0, 0.05) is 13.1 Å². The molecule has 3 rings (SSSR count). The molecule has 31 heavy (non-hydrogen) atoms. The van der Waals surface area contributed by atoms with Crippen LogP contribution >= 0.6 is 0 Å². The molecule has 0 aliphatic heterocycles. The number of likely N-dealkylation sites (N-methyl/N-ethyl adjacent to an activating group) is 1. The van der Waals surface area contributed by atoms with Gasteiger partial charge in [-0.1, -0.05) is 54.6 Å². The van der Waals surface area contributed by atoms with Crippen LogP contribution in [0.3, 0.4) is 0 Å². The summed E-state index contributed by atoms with van der Waals surface area (Å²) in [4.78, 5) is 27.1. The van der Waals surface area contributed by atoms with E-state index in [1.807, 2.05) is 66.5 Å². The standard InChI is InChI=1S/C25H27N3O3/c1-28(17-20-11-8-12-21(15-20)31-2)18-24(29)27-23-14-7-6-13-22(23)25(30)26-16-19-9-4-3-5-10-19/h3-15H,16-18H2,1-2H3,(H,26,30)(H,27,29). The van der Waals surface area contributed by atoms with Crippen LogP contribution < -0.4 is 15.4 Å². The number of nitrogens with zero attached hydrogens (tertiary/aromatic N) is 1. The molecule has 0 radical (unpaired) electrons. The summed E-state index contributed by atoms with van der Waals surface area (Å²) in [7, 11) is 3.50. The van der Waals surface area contributed by atoms with Gasteiger partial charge in [0.05, 0.1) is 24.9 Å². The molecule has 0 spiro atoms. The van der Waals surface area contributed by atoms with Crippen LogP contribution in [-0.2, 0) is 17.9 Å². The predicted octanol–water partition coefficient (Wildman–Crippen LogP) is 3.70. The fourth-order valence-corrected chi connectivity index (χ4v) is 3.24. The Hall–Kier alpha value is -3.64. The van der Waals surface area contributed by atoms with Crippen molar-refractivity contribution in [1.82, 2.24) is 10.2 Å². The van der Waals surface area contributed by atoms with Gasteiger partial charge in [-0.15, -0.1) is 0 Å². The van der Waals surface area contributed by atoms with Crippen LogP contribution in [-0.4, -0.2) is 37.4 Å². The van der Waals surface area contributed by atoms with Gasteiger partial charge in [0.15, 0.2) is 0 Å². The van der Waals surface area contributed by atoms with Gasteiger partial charge in [0.25, 0.3) is 5.91 Å². The van der Waals surface area contributed by atoms with Crippen molar-refractivity contribution in [2.75, 3.05) is 26.0 Å². The summed E-state index contributed by atoms with van der Waals surface area (Å²) in [5.41, 5.74) is 2.99. The number of amides is 2. The van der Waals surface area contributed by atoms with Crippen LogP contribution in [0.5, 0.6) is 5.75 Å². The molecule has 0 unspecified atom stereocenters. The maximum atomic E-state index is 12.7. The van der Waals surface area contributed by atoms with Gasteiger partial charge < -0.3 is 15.4 Å². The molecule has 2 N–H and O–H groups in total. The summed E-state index contributed by atoms with van der Waals surface area (Å²) in [6.07, 6.45) is 0. The van der Waals surface area contributed by atoms with E-state index in [-0.39, 0.29) is 18.4 Å². The third-order valence-electron chi connectivity index (χ3n) is 4.74. The molecule has 0 aliphatic rings. The van der Waals surface area contributed by atoms with Crippen LogP contribution in [0.15, 0.2) is 78.9 Å². The average Bonchev–Trinajstić information content (AvgIpc) is 2.78. The lowest BCUT2D eigenvalue weighted by Gasteiger charge is -2.17. The summed E-state index contributed by atoms with van der Waals surface area (Å²) < 4.78 is 5.24. The van der Waals surface area contributed by atoms with Crippen molar-refractivity contribution in [3.05, 3.63) is 95.6 Å². The third kappa shape index (κ3) is 6.69. The fourth-order valence-electron chi connectivity index (χ4n) is 3.24. The second-order valence-electron chi connectivity index (χ2n) is 7.29. The summed E-state index contributed by atoms with van der Waals surface area (Å²) >= 11 is 0. The number of benzene rings is 3. The van der Waals surface area contributed by atoms with E-state index < -0.39 is 0 Å². The number of carbonyl (C=O) groups is 2. The van der Waals surface area contributed by atoms with Gasteiger partial charge in [-0.2, -0.15) is 0 Å². The molecule has 0 saturated carbocycles. The largest absolute Gasteiger partial charge is 0.497 e. The van der Waals surface area contributed by atoms with Crippen molar-refractivity contribution in [2.24, 2.45) is 0 Å². The Morgan fingerprint density at radius 3 is 2.39 bits per heavy atom. The molecule has 0 bridgehead atoms. The lowest BCUT2D eigenvalue weighted by atomic mass is 10.1. The first-order valence-electron chi connectivity index (χ1n) is 10.1. The van der Waals surface area contributed by atoms with Crippen LogP contribution in [0.1, 0.15) is 21.5 Å². The first-order chi connectivity index (χ1) is 15.0. The SMILES string of the molecule is COc1cccc(CN(C)CC(=O)Nc2ccccc2C(=O)NCc2ccccc2)c1. The van der Waals surface area contributed by atoms with E-state index in [9.17, 15) is 9.59 Å². The first-order valence-corrected chi connectivity index (χ1v) is 10.1. The fraction of sp³-hybridized carbons (Fsp3) is 0.200. The van der Waals surface area contributed by atoms with Gasteiger partial charge >= 0.3 is 0 Å². The molecular weight excluding hydrogens is 390 g/mol. The predicted molar refractivity (Wildman–Crippen MR) is 122 cm³/mol. The zero-order valence-electron chi connectivity index (χ0n) is 17.8. The number of ether oxygens (including phenoxy) is 1. The Morgan fingerprint density at radius 1 is 0.903 bits per heavy atom. The number of carbonyl (C=O) groups excluding carboxylic acids is 2. The van der Waals surface area contributed by atoms with Gasteiger partial charge in [-0.25, -0.2) is 0 Å². The maximum absolute atomic E-state index is 12.7. The molecule has 0 aromatic heterocycles. The van der Waals surface area contributed by atoms with E-state index in [2.05, 4.69) is 10.6 Å². The Kier molecular flexibility index (Phi) is 7.79. The third-order valence-corrected chi connectivity index (χ3v) is 4.74. The van der Waals surface area contributed by atoms with Crippen molar-refractivity contribution in [3.63, 3.8) is 0 Å². The van der Waals surface area contributed by atoms with E-state index >= 15 is 0 Å². The van der Waals surface area contributed by atoms with Crippen molar-refractivity contribution in [1.29, 1.82) is 0 Å². The minimum absolute atomic E-state index is 0.186. The van der Waals surface area contributed by atoms with Crippen molar-refractivity contribution in [3.8, 4) is 5.75 Å². The molecule has 6 nitrogen and oxygen atoms in total. The monoisotopic (exact) mass is 417 g/mol. The number of hydrogen-bond acceptors (Lipinski definition) is 4. The Bertz CT molecular complexity index is 1020. The lowest BCUT2D eigenvalue weighted by molar-refractivity contribution is -0.117. The maximum Gasteiger partial charge on any atom is 0.253 e. The molecule has 0 heterocycles. The van der Waals surface area contributed by atoms with Crippen molar-refractivity contribution < 1.29 is 14.3 Å². The number of nitrogens with one attached hydrogen (secondary N) is 2.